The van der Waals surface area contributed by atoms with Crippen molar-refractivity contribution in [3.63, 3.8) is 0 Å². The van der Waals surface area contributed by atoms with Crippen molar-refractivity contribution >= 4 is 34.9 Å². The fourth-order valence-corrected chi connectivity index (χ4v) is 4.48. The normalized spacial score (nSPS) is 13.9. The number of H-pyrrole nitrogens is 1. The van der Waals surface area contributed by atoms with E-state index in [2.05, 4.69) is 36.1 Å². The monoisotopic (exact) mass is 521 g/mol. The van der Waals surface area contributed by atoms with Crippen LogP contribution in [0.15, 0.2) is 60.7 Å². The third kappa shape index (κ3) is 6.10. The largest absolute Gasteiger partial charge is 0.416 e. The molecule has 0 aliphatic heterocycles. The van der Waals surface area contributed by atoms with E-state index >= 15 is 0 Å². The van der Waals surface area contributed by atoms with Crippen LogP contribution in [-0.4, -0.2) is 26.1 Å². The average molecular weight is 522 g/mol. The van der Waals surface area contributed by atoms with Gasteiger partial charge in [-0.3, -0.25) is 9.89 Å². The topological polar surface area (TPSA) is 108 Å². The lowest BCUT2D eigenvalue weighted by atomic mass is 10.0. The van der Waals surface area contributed by atoms with Gasteiger partial charge in [0.25, 0.3) is 5.91 Å². The summed E-state index contributed by atoms with van der Waals surface area (Å²) in [5, 5.41) is 16.3. The second kappa shape index (κ2) is 10.5. The Morgan fingerprint density at radius 3 is 2.42 bits per heavy atom. The molecule has 2 heterocycles. The molecule has 0 bridgehead atoms. The zero-order chi connectivity index (χ0) is 26.7. The van der Waals surface area contributed by atoms with Crippen molar-refractivity contribution in [1.82, 2.24) is 20.2 Å². The molecule has 5 rings (SSSR count). The molecule has 1 fully saturated rings. The standard InChI is InChI=1S/C27H26F3N7O/c1-16-13-23(34-24-15-22(36-37-24)17-5-2-3-6-17)35-26(31-16)33-20-11-9-18(10-12-20)25(38)32-21-8-4-7-19(14-21)27(28,29)30/h4,7-15,17H,2-3,5-6H2,1H3,(H,32,38)(H3,31,33,34,35,36,37). The number of aryl methyl sites for hydroxylation is 1. The van der Waals surface area contributed by atoms with Gasteiger partial charge in [0.1, 0.15) is 5.82 Å². The summed E-state index contributed by atoms with van der Waals surface area (Å²) < 4.78 is 38.8. The summed E-state index contributed by atoms with van der Waals surface area (Å²) in [4.78, 5) is 21.5. The van der Waals surface area contributed by atoms with Crippen LogP contribution in [-0.2, 0) is 6.18 Å². The maximum absolute atomic E-state index is 12.9. The molecular formula is C27H26F3N7O. The summed E-state index contributed by atoms with van der Waals surface area (Å²) >= 11 is 0. The number of rotatable bonds is 7. The average Bonchev–Trinajstić information content (AvgIpc) is 3.56. The van der Waals surface area contributed by atoms with Crippen LogP contribution in [0.5, 0.6) is 0 Å². The van der Waals surface area contributed by atoms with Gasteiger partial charge in [-0.15, -0.1) is 0 Å². The molecule has 1 saturated carbocycles. The highest BCUT2D eigenvalue weighted by Crippen LogP contribution is 2.34. The number of anilines is 5. The molecule has 38 heavy (non-hydrogen) atoms. The molecule has 0 spiro atoms. The minimum atomic E-state index is -4.49. The minimum Gasteiger partial charge on any atom is -0.324 e. The van der Waals surface area contributed by atoms with E-state index in [1.165, 1.54) is 37.8 Å². The van der Waals surface area contributed by atoms with Gasteiger partial charge in [0.2, 0.25) is 5.95 Å². The Morgan fingerprint density at radius 1 is 0.921 bits per heavy atom. The van der Waals surface area contributed by atoms with Crippen molar-refractivity contribution in [3.8, 4) is 0 Å². The number of benzene rings is 2. The molecule has 2 aromatic carbocycles. The predicted octanol–water partition coefficient (Wildman–Crippen LogP) is 6.92. The summed E-state index contributed by atoms with van der Waals surface area (Å²) in [5.74, 6) is 1.64. The van der Waals surface area contributed by atoms with Crippen molar-refractivity contribution in [2.45, 2.75) is 44.7 Å². The van der Waals surface area contributed by atoms with E-state index in [9.17, 15) is 18.0 Å². The van der Waals surface area contributed by atoms with Crippen molar-refractivity contribution in [3.05, 3.63) is 83.2 Å². The summed E-state index contributed by atoms with van der Waals surface area (Å²) in [6.07, 6.45) is 0.349. The van der Waals surface area contributed by atoms with Gasteiger partial charge >= 0.3 is 6.18 Å². The van der Waals surface area contributed by atoms with Gasteiger partial charge in [0, 0.05) is 46.4 Å². The maximum Gasteiger partial charge on any atom is 0.416 e. The summed E-state index contributed by atoms with van der Waals surface area (Å²) in [6.45, 7) is 1.85. The number of nitrogens with zero attached hydrogens (tertiary/aromatic N) is 3. The van der Waals surface area contributed by atoms with Gasteiger partial charge in [-0.1, -0.05) is 18.9 Å². The number of halogens is 3. The molecule has 0 radical (unpaired) electrons. The van der Waals surface area contributed by atoms with Gasteiger partial charge in [-0.25, -0.2) is 4.98 Å². The predicted molar refractivity (Wildman–Crippen MR) is 139 cm³/mol. The van der Waals surface area contributed by atoms with Crippen LogP contribution >= 0.6 is 0 Å². The lowest BCUT2D eigenvalue weighted by molar-refractivity contribution is -0.137. The summed E-state index contributed by atoms with van der Waals surface area (Å²) in [5.41, 5.74) is 2.04. The zero-order valence-corrected chi connectivity index (χ0v) is 20.6. The molecular weight excluding hydrogens is 495 g/mol. The highest BCUT2D eigenvalue weighted by Gasteiger charge is 2.30. The van der Waals surface area contributed by atoms with E-state index < -0.39 is 17.6 Å². The second-order valence-electron chi connectivity index (χ2n) is 9.27. The number of amides is 1. The molecule has 1 aliphatic rings. The Bertz CT molecular complexity index is 1430. The van der Waals surface area contributed by atoms with E-state index in [-0.39, 0.29) is 11.3 Å². The van der Waals surface area contributed by atoms with E-state index in [1.54, 1.807) is 24.3 Å². The first kappa shape index (κ1) is 25.2. The molecule has 4 N–H and O–H groups in total. The summed E-state index contributed by atoms with van der Waals surface area (Å²) in [7, 11) is 0. The number of hydrogen-bond donors (Lipinski definition) is 4. The number of carbonyl (C=O) groups excluding carboxylic acids is 1. The van der Waals surface area contributed by atoms with Crippen molar-refractivity contribution in [2.75, 3.05) is 16.0 Å². The lowest BCUT2D eigenvalue weighted by Crippen LogP contribution is -2.13. The molecule has 11 heteroatoms. The van der Waals surface area contributed by atoms with Crippen LogP contribution in [0.25, 0.3) is 0 Å². The molecule has 2 aromatic heterocycles. The van der Waals surface area contributed by atoms with Gasteiger partial charge in [0.05, 0.1) is 5.56 Å². The van der Waals surface area contributed by atoms with Crippen LogP contribution < -0.4 is 16.0 Å². The Kier molecular flexibility index (Phi) is 6.99. The van der Waals surface area contributed by atoms with Gasteiger partial charge in [-0.05, 0) is 62.2 Å². The number of alkyl halides is 3. The van der Waals surface area contributed by atoms with E-state index in [1.807, 2.05) is 19.1 Å². The van der Waals surface area contributed by atoms with E-state index in [0.29, 0.717) is 29.2 Å². The molecule has 196 valence electrons. The van der Waals surface area contributed by atoms with E-state index in [0.717, 1.165) is 23.5 Å². The van der Waals surface area contributed by atoms with Crippen LogP contribution in [0.2, 0.25) is 0 Å². The van der Waals surface area contributed by atoms with Gasteiger partial charge < -0.3 is 16.0 Å². The number of nitrogens with one attached hydrogen (secondary N) is 4. The first-order chi connectivity index (χ1) is 18.2. The van der Waals surface area contributed by atoms with Gasteiger partial charge in [0.15, 0.2) is 5.82 Å². The van der Waals surface area contributed by atoms with Crippen LogP contribution in [0.1, 0.15) is 58.9 Å². The quantitative estimate of drug-likeness (QED) is 0.210. The van der Waals surface area contributed by atoms with E-state index in [4.69, 9.17) is 0 Å². The molecule has 0 atom stereocenters. The molecule has 4 aromatic rings. The smallest absolute Gasteiger partial charge is 0.324 e. The third-order valence-corrected chi connectivity index (χ3v) is 6.35. The van der Waals surface area contributed by atoms with Crippen molar-refractivity contribution in [1.29, 1.82) is 0 Å². The minimum absolute atomic E-state index is 0.0625. The SMILES string of the molecule is Cc1cc(Nc2cc(C3CCCC3)[nH]n2)nc(Nc2ccc(C(=O)Nc3cccc(C(F)(F)F)c3)cc2)n1. The molecule has 0 saturated heterocycles. The number of aromatic nitrogens is 4. The van der Waals surface area contributed by atoms with Crippen molar-refractivity contribution in [2.24, 2.45) is 0 Å². The van der Waals surface area contributed by atoms with Crippen LogP contribution in [0.4, 0.5) is 42.1 Å². The number of hydrogen-bond acceptors (Lipinski definition) is 6. The fraction of sp³-hybridized carbons (Fsp3) is 0.259. The Labute approximate surface area is 217 Å². The Morgan fingerprint density at radius 2 is 1.68 bits per heavy atom. The van der Waals surface area contributed by atoms with Gasteiger partial charge in [-0.2, -0.15) is 23.3 Å². The fourth-order valence-electron chi connectivity index (χ4n) is 4.48. The molecule has 1 aliphatic carbocycles. The summed E-state index contributed by atoms with van der Waals surface area (Å²) in [6, 6.07) is 14.8. The highest BCUT2D eigenvalue weighted by molar-refractivity contribution is 6.04. The number of aromatic amines is 1. The Hall–Kier alpha value is -4.41. The first-order valence-corrected chi connectivity index (χ1v) is 12.3. The molecule has 8 nitrogen and oxygen atoms in total. The zero-order valence-electron chi connectivity index (χ0n) is 20.6. The maximum atomic E-state index is 12.9. The molecule has 1 amide bonds. The van der Waals surface area contributed by atoms with Crippen LogP contribution in [0.3, 0.4) is 0 Å². The third-order valence-electron chi connectivity index (χ3n) is 6.35. The Balaban J connectivity index is 1.23. The molecule has 0 unspecified atom stereocenters. The van der Waals surface area contributed by atoms with Crippen molar-refractivity contribution < 1.29 is 18.0 Å². The number of carbonyl (C=O) groups is 1. The lowest BCUT2D eigenvalue weighted by Gasteiger charge is -2.11. The second-order valence-corrected chi connectivity index (χ2v) is 9.27. The first-order valence-electron chi connectivity index (χ1n) is 12.3. The highest BCUT2D eigenvalue weighted by atomic mass is 19.4. The van der Waals surface area contributed by atoms with Crippen LogP contribution in [0, 0.1) is 6.92 Å².